The summed E-state index contributed by atoms with van der Waals surface area (Å²) in [5.41, 5.74) is 1.28. The summed E-state index contributed by atoms with van der Waals surface area (Å²) in [7, 11) is 0. The highest BCUT2D eigenvalue weighted by Gasteiger charge is 2.46. The Hall–Kier alpha value is -2.37. The topological polar surface area (TPSA) is 149 Å². The average molecular weight is 525 g/mol. The fraction of sp³-hybridized carbons (Fsp3) is 0.667. The van der Waals surface area contributed by atoms with Gasteiger partial charge in [0.15, 0.2) is 18.2 Å². The Morgan fingerprint density at radius 2 is 1.89 bits per heavy atom. The minimum atomic E-state index is -1.51. The molecule has 0 aromatic rings. The Kier molecular flexibility index (Phi) is 11.6. The summed E-state index contributed by atoms with van der Waals surface area (Å²) in [6, 6.07) is 0. The van der Waals surface area contributed by atoms with Gasteiger partial charge in [-0.1, -0.05) is 32.1 Å². The Bertz CT molecular complexity index is 905. The molecule has 2 rings (SSSR count). The van der Waals surface area contributed by atoms with E-state index in [4.69, 9.17) is 18.9 Å². The first-order chi connectivity index (χ1) is 17.4. The van der Waals surface area contributed by atoms with E-state index < -0.39 is 73.2 Å². The molecule has 10 nitrogen and oxygen atoms in total. The van der Waals surface area contributed by atoms with E-state index in [9.17, 15) is 29.7 Å². The minimum Gasteiger partial charge on any atom is -0.457 e. The lowest BCUT2D eigenvalue weighted by Crippen LogP contribution is -2.45. The van der Waals surface area contributed by atoms with E-state index in [-0.39, 0.29) is 18.8 Å². The molecule has 1 unspecified atom stereocenters. The first kappa shape index (κ1) is 30.9. The molecule has 0 radical (unpaired) electrons. The first-order valence-electron chi connectivity index (χ1n) is 12.6. The van der Waals surface area contributed by atoms with Crippen molar-refractivity contribution in [2.45, 2.75) is 97.3 Å². The van der Waals surface area contributed by atoms with E-state index in [1.807, 2.05) is 33.8 Å². The Morgan fingerprint density at radius 1 is 1.22 bits per heavy atom. The number of aliphatic hydroxyl groups excluding tert-OH is 3. The Balaban J connectivity index is 2.53. The van der Waals surface area contributed by atoms with Crippen molar-refractivity contribution >= 4 is 17.7 Å². The van der Waals surface area contributed by atoms with Gasteiger partial charge in [0, 0.05) is 12.8 Å². The van der Waals surface area contributed by atoms with Gasteiger partial charge in [0.25, 0.3) is 0 Å². The van der Waals surface area contributed by atoms with Crippen LogP contribution in [0.1, 0.15) is 54.4 Å². The van der Waals surface area contributed by atoms with Gasteiger partial charge in [-0.2, -0.15) is 0 Å². The van der Waals surface area contributed by atoms with E-state index in [1.165, 1.54) is 6.08 Å². The van der Waals surface area contributed by atoms with Crippen LogP contribution in [0.25, 0.3) is 0 Å². The largest absolute Gasteiger partial charge is 0.457 e. The molecule has 1 saturated heterocycles. The molecule has 0 spiro atoms. The van der Waals surface area contributed by atoms with E-state index in [2.05, 4.69) is 0 Å². The molecule has 0 aliphatic carbocycles. The van der Waals surface area contributed by atoms with Gasteiger partial charge in [0.2, 0.25) is 0 Å². The van der Waals surface area contributed by atoms with Crippen molar-refractivity contribution < 1.29 is 48.7 Å². The highest BCUT2D eigenvalue weighted by molar-refractivity contribution is 5.96. The third-order valence-electron chi connectivity index (χ3n) is 6.41. The van der Waals surface area contributed by atoms with Crippen LogP contribution in [-0.2, 0) is 33.3 Å². The van der Waals surface area contributed by atoms with Crippen molar-refractivity contribution in [1.29, 1.82) is 0 Å². The summed E-state index contributed by atoms with van der Waals surface area (Å²) in [6.07, 6.45) is -2.26. The number of aliphatic hydroxyl groups is 3. The first-order valence-corrected chi connectivity index (χ1v) is 12.6. The van der Waals surface area contributed by atoms with Crippen molar-refractivity contribution in [1.82, 2.24) is 0 Å². The van der Waals surface area contributed by atoms with E-state index >= 15 is 0 Å². The zero-order valence-corrected chi connectivity index (χ0v) is 22.3. The molecule has 1 fully saturated rings. The number of carbonyl (C=O) groups excluding carboxylic acids is 3. The zero-order valence-electron chi connectivity index (χ0n) is 22.3. The maximum atomic E-state index is 13.3. The molecule has 10 heteroatoms. The number of ketones is 1. The van der Waals surface area contributed by atoms with E-state index in [0.717, 1.165) is 11.6 Å². The van der Waals surface area contributed by atoms with Gasteiger partial charge >= 0.3 is 11.9 Å². The van der Waals surface area contributed by atoms with Crippen molar-refractivity contribution in [3.8, 4) is 0 Å². The van der Waals surface area contributed by atoms with Gasteiger partial charge in [-0.25, -0.2) is 0 Å². The normalized spacial score (nSPS) is 36.3. The Morgan fingerprint density at radius 3 is 2.46 bits per heavy atom. The van der Waals surface area contributed by atoms with Crippen molar-refractivity contribution in [3.05, 3.63) is 35.5 Å². The second-order valence-electron chi connectivity index (χ2n) is 9.96. The van der Waals surface area contributed by atoms with Gasteiger partial charge in [-0.15, -0.1) is 0 Å². The standard InChI is InChI=1S/C27H40O10/c1-7-15(4)19-11-9-16(5)24(37-27-23(32)22(31)20(13-28)35-27)25(36-21(30)12-14(2)3)18(29)10-8-17(6)26(33)34-19/h7-10,14,17,19-20,22-25,27-28,31-32H,11-13H2,1-6H3/b10-8+,15-7-,16-9+/t17?,19-,20-,22-,23+,24-,25-,27-/m1/s1. The predicted octanol–water partition coefficient (Wildman–Crippen LogP) is 1.76. The zero-order chi connectivity index (χ0) is 27.9. The SMILES string of the molecule is C/C=C(/C)[C@H]1C/C=C(\C)[C@@H](O[C@H]2O[C@H](CO)[C@@H](O)[C@@H]2O)[C@H](OC(=O)CC(C)C)C(=O)/C=C/C(C)C(=O)O1. The van der Waals surface area contributed by atoms with Crippen LogP contribution in [0.4, 0.5) is 0 Å². The number of rotatable bonds is 7. The highest BCUT2D eigenvalue weighted by atomic mass is 16.7. The molecule has 2 aliphatic heterocycles. The molecule has 2 aliphatic rings. The van der Waals surface area contributed by atoms with E-state index in [1.54, 1.807) is 19.9 Å². The van der Waals surface area contributed by atoms with Crippen LogP contribution in [0.2, 0.25) is 0 Å². The average Bonchev–Trinajstić information content (AvgIpc) is 3.12. The molecular formula is C27H40O10. The smallest absolute Gasteiger partial charge is 0.313 e. The molecule has 208 valence electrons. The summed E-state index contributed by atoms with van der Waals surface area (Å²) in [6.45, 7) is 10.0. The number of hydrogen-bond acceptors (Lipinski definition) is 10. The van der Waals surface area contributed by atoms with Crippen LogP contribution in [0.5, 0.6) is 0 Å². The molecule has 3 N–H and O–H groups in total. The third-order valence-corrected chi connectivity index (χ3v) is 6.41. The molecule has 0 aromatic carbocycles. The summed E-state index contributed by atoms with van der Waals surface area (Å²) in [5.74, 6) is -2.53. The van der Waals surface area contributed by atoms with Crippen LogP contribution in [-0.4, -0.2) is 82.6 Å². The van der Waals surface area contributed by atoms with Crippen molar-refractivity contribution in [3.63, 3.8) is 0 Å². The number of carbonyl (C=O) groups is 3. The van der Waals surface area contributed by atoms with Crippen LogP contribution < -0.4 is 0 Å². The number of hydrogen-bond donors (Lipinski definition) is 3. The summed E-state index contributed by atoms with van der Waals surface area (Å²) >= 11 is 0. The maximum Gasteiger partial charge on any atom is 0.313 e. The summed E-state index contributed by atoms with van der Waals surface area (Å²) < 4.78 is 22.7. The highest BCUT2D eigenvalue weighted by Crippen LogP contribution is 2.28. The number of ether oxygens (including phenoxy) is 4. The summed E-state index contributed by atoms with van der Waals surface area (Å²) in [5, 5.41) is 30.1. The van der Waals surface area contributed by atoms with Gasteiger partial charge in [-0.05, 0) is 50.8 Å². The molecule has 8 atom stereocenters. The molecule has 0 aromatic heterocycles. The monoisotopic (exact) mass is 524 g/mol. The molecule has 2 heterocycles. The van der Waals surface area contributed by atoms with Crippen molar-refractivity contribution in [2.24, 2.45) is 11.8 Å². The lowest BCUT2D eigenvalue weighted by Gasteiger charge is -2.30. The molecular weight excluding hydrogens is 484 g/mol. The fourth-order valence-corrected chi connectivity index (χ4v) is 3.91. The van der Waals surface area contributed by atoms with Gasteiger partial charge in [-0.3, -0.25) is 14.4 Å². The lowest BCUT2D eigenvalue weighted by atomic mass is 9.97. The minimum absolute atomic E-state index is 0.0276. The molecule has 0 amide bonds. The van der Waals surface area contributed by atoms with Crippen molar-refractivity contribution in [2.75, 3.05) is 6.61 Å². The predicted molar refractivity (Wildman–Crippen MR) is 133 cm³/mol. The molecule has 0 bridgehead atoms. The fourth-order valence-electron chi connectivity index (χ4n) is 3.91. The van der Waals surface area contributed by atoms with Gasteiger partial charge in [0.1, 0.15) is 30.5 Å². The second kappa shape index (κ2) is 14.0. The van der Waals surface area contributed by atoms with Crippen LogP contribution in [0.15, 0.2) is 35.5 Å². The second-order valence-corrected chi connectivity index (χ2v) is 9.96. The number of allylic oxidation sites excluding steroid dienone is 1. The quantitative estimate of drug-likeness (QED) is 0.332. The summed E-state index contributed by atoms with van der Waals surface area (Å²) in [4.78, 5) is 38.5. The van der Waals surface area contributed by atoms with Gasteiger partial charge < -0.3 is 34.3 Å². The number of esters is 2. The lowest BCUT2D eigenvalue weighted by molar-refractivity contribution is -0.208. The number of cyclic esters (lactones) is 1. The van der Waals surface area contributed by atoms with Crippen LogP contribution in [0.3, 0.4) is 0 Å². The molecule has 37 heavy (non-hydrogen) atoms. The maximum absolute atomic E-state index is 13.3. The van der Waals surface area contributed by atoms with Crippen LogP contribution >= 0.6 is 0 Å². The molecule has 0 saturated carbocycles. The Labute approximate surface area is 217 Å². The van der Waals surface area contributed by atoms with E-state index in [0.29, 0.717) is 5.57 Å². The third kappa shape index (κ3) is 8.31. The van der Waals surface area contributed by atoms with Gasteiger partial charge in [0.05, 0.1) is 12.5 Å². The van der Waals surface area contributed by atoms with Crippen LogP contribution in [0, 0.1) is 11.8 Å².